The fourth-order valence-corrected chi connectivity index (χ4v) is 6.79. The van der Waals surface area contributed by atoms with Gasteiger partial charge in [0.05, 0.1) is 30.0 Å². The first-order valence-corrected chi connectivity index (χ1v) is 13.1. The van der Waals surface area contributed by atoms with Gasteiger partial charge >= 0.3 is 5.97 Å². The molecule has 2 aromatic carbocycles. The lowest BCUT2D eigenvalue weighted by Crippen LogP contribution is -2.33. The predicted molar refractivity (Wildman–Crippen MR) is 135 cm³/mol. The Morgan fingerprint density at radius 2 is 1.59 bits per heavy atom. The van der Waals surface area contributed by atoms with E-state index in [1.165, 1.54) is 4.90 Å². The molecule has 4 fully saturated rings. The number of ether oxygens (including phenoxy) is 2. The third-order valence-electron chi connectivity index (χ3n) is 8.47. The highest BCUT2D eigenvalue weighted by atomic mass is 16.5. The van der Waals surface area contributed by atoms with E-state index < -0.39 is 11.9 Å². The second-order valence-corrected chi connectivity index (χ2v) is 10.6. The Balaban J connectivity index is 1.13. The second-order valence-electron chi connectivity index (χ2n) is 10.6. The second kappa shape index (κ2) is 9.01. The average molecular weight is 503 g/mol. The highest BCUT2D eigenvalue weighted by Crippen LogP contribution is 2.56. The minimum atomic E-state index is -0.587. The number of carbonyl (C=O) groups is 4. The van der Waals surface area contributed by atoms with E-state index in [1.807, 2.05) is 13.8 Å². The molecule has 2 aromatic rings. The standard InChI is InChI=1S/C29H30N2O6/c1-3-36-21-8-6-20(7-9-21)30-15-19(14-24(30)32)29(35)37-22-10-11-23(16(2)12-22)31-27(33)25-17-4-5-18(13-17)26(25)28(31)34/h6-12,17-19,25-26H,3-5,13-15H2,1-2H3/t17-,18+,19-,25+,26+/m1/s1. The summed E-state index contributed by atoms with van der Waals surface area (Å²) >= 11 is 0. The number of anilines is 2. The normalized spacial score (nSPS) is 28.3. The van der Waals surface area contributed by atoms with Gasteiger partial charge < -0.3 is 14.4 Å². The summed E-state index contributed by atoms with van der Waals surface area (Å²) in [5.41, 5.74) is 1.96. The quantitative estimate of drug-likeness (QED) is 0.338. The van der Waals surface area contributed by atoms with Crippen LogP contribution in [0.5, 0.6) is 11.5 Å². The Labute approximate surface area is 215 Å². The van der Waals surface area contributed by atoms with E-state index in [4.69, 9.17) is 9.47 Å². The minimum Gasteiger partial charge on any atom is -0.494 e. The van der Waals surface area contributed by atoms with Gasteiger partial charge in [0.25, 0.3) is 0 Å². The lowest BCUT2D eigenvalue weighted by Gasteiger charge is -2.20. The Hall–Kier alpha value is -3.68. The van der Waals surface area contributed by atoms with E-state index in [2.05, 4.69) is 0 Å². The highest BCUT2D eigenvalue weighted by Gasteiger charge is 2.61. The minimum absolute atomic E-state index is 0.0744. The maximum Gasteiger partial charge on any atom is 0.316 e. The van der Waals surface area contributed by atoms with E-state index in [-0.39, 0.29) is 42.5 Å². The Kier molecular flexibility index (Phi) is 5.77. The third-order valence-corrected chi connectivity index (χ3v) is 8.47. The van der Waals surface area contributed by atoms with Crippen LogP contribution < -0.4 is 19.3 Å². The van der Waals surface area contributed by atoms with Crippen LogP contribution in [0.4, 0.5) is 11.4 Å². The van der Waals surface area contributed by atoms with Gasteiger partial charge in [-0.05, 0) is 93.0 Å². The van der Waals surface area contributed by atoms with Gasteiger partial charge in [-0.3, -0.25) is 19.2 Å². The third kappa shape index (κ3) is 3.90. The molecule has 0 radical (unpaired) electrons. The van der Waals surface area contributed by atoms with E-state index in [0.717, 1.165) is 25.0 Å². The van der Waals surface area contributed by atoms with Crippen LogP contribution in [-0.4, -0.2) is 36.8 Å². The van der Waals surface area contributed by atoms with Crippen LogP contribution in [0.1, 0.15) is 38.2 Å². The maximum absolute atomic E-state index is 13.2. The lowest BCUT2D eigenvalue weighted by atomic mass is 9.81. The topological polar surface area (TPSA) is 93.2 Å². The Morgan fingerprint density at radius 1 is 0.946 bits per heavy atom. The van der Waals surface area contributed by atoms with E-state index in [1.54, 1.807) is 47.4 Å². The number of amides is 3. The number of rotatable bonds is 6. The van der Waals surface area contributed by atoms with Crippen LogP contribution in [0.3, 0.4) is 0 Å². The van der Waals surface area contributed by atoms with Gasteiger partial charge in [0.15, 0.2) is 0 Å². The number of esters is 1. The number of imide groups is 1. The summed E-state index contributed by atoms with van der Waals surface area (Å²) in [4.78, 5) is 54.8. The molecule has 2 bridgehead atoms. The number of carbonyl (C=O) groups excluding carboxylic acids is 4. The molecule has 8 heteroatoms. The molecule has 2 aliphatic carbocycles. The molecule has 0 unspecified atom stereocenters. The summed E-state index contributed by atoms with van der Waals surface area (Å²) < 4.78 is 11.1. The Bertz CT molecular complexity index is 1260. The van der Waals surface area contributed by atoms with Crippen molar-refractivity contribution in [2.75, 3.05) is 23.0 Å². The summed E-state index contributed by atoms with van der Waals surface area (Å²) in [6.45, 7) is 4.51. The lowest BCUT2D eigenvalue weighted by molar-refractivity contribution is -0.139. The van der Waals surface area contributed by atoms with Gasteiger partial charge in [-0.15, -0.1) is 0 Å². The van der Waals surface area contributed by atoms with Crippen LogP contribution in [-0.2, 0) is 19.2 Å². The molecule has 3 amide bonds. The highest BCUT2D eigenvalue weighted by molar-refractivity contribution is 6.23. The van der Waals surface area contributed by atoms with E-state index in [9.17, 15) is 19.2 Å². The number of aryl methyl sites for hydroxylation is 1. The molecule has 0 spiro atoms. The van der Waals surface area contributed by atoms with Crippen LogP contribution >= 0.6 is 0 Å². The summed E-state index contributed by atoms with van der Waals surface area (Å²) in [5.74, 6) is -0.0301. The molecule has 8 nitrogen and oxygen atoms in total. The summed E-state index contributed by atoms with van der Waals surface area (Å²) in [6.07, 6.45) is 3.14. The van der Waals surface area contributed by atoms with Gasteiger partial charge in [0, 0.05) is 18.7 Å². The van der Waals surface area contributed by atoms with E-state index in [0.29, 0.717) is 41.1 Å². The maximum atomic E-state index is 13.2. The van der Waals surface area contributed by atoms with Gasteiger partial charge in [0.2, 0.25) is 17.7 Å². The molecule has 37 heavy (non-hydrogen) atoms. The van der Waals surface area contributed by atoms with Gasteiger partial charge in [-0.2, -0.15) is 0 Å². The van der Waals surface area contributed by atoms with Crippen molar-refractivity contribution in [2.45, 2.75) is 39.5 Å². The Morgan fingerprint density at radius 3 is 2.22 bits per heavy atom. The largest absolute Gasteiger partial charge is 0.494 e. The molecule has 0 aromatic heterocycles. The van der Waals surface area contributed by atoms with Crippen molar-refractivity contribution in [3.05, 3.63) is 48.0 Å². The molecular weight excluding hydrogens is 472 g/mol. The first-order valence-electron chi connectivity index (χ1n) is 13.1. The van der Waals surface area contributed by atoms with Crippen molar-refractivity contribution in [2.24, 2.45) is 29.6 Å². The monoisotopic (exact) mass is 502 g/mol. The van der Waals surface area contributed by atoms with Crippen molar-refractivity contribution in [3.63, 3.8) is 0 Å². The molecule has 192 valence electrons. The van der Waals surface area contributed by atoms with Gasteiger partial charge in [-0.25, -0.2) is 4.90 Å². The van der Waals surface area contributed by atoms with Crippen molar-refractivity contribution >= 4 is 35.1 Å². The van der Waals surface area contributed by atoms with Crippen molar-refractivity contribution in [1.82, 2.24) is 0 Å². The van der Waals surface area contributed by atoms with Crippen molar-refractivity contribution < 1.29 is 28.7 Å². The number of fused-ring (bicyclic) bond motifs is 5. The molecule has 0 N–H and O–H groups in total. The first kappa shape index (κ1) is 23.7. The average Bonchev–Trinajstić information content (AvgIpc) is 3.64. The summed E-state index contributed by atoms with van der Waals surface area (Å²) in [5, 5.41) is 0. The molecule has 6 rings (SSSR count). The predicted octanol–water partition coefficient (Wildman–Crippen LogP) is 3.89. The molecular formula is C29H30N2O6. The van der Waals surface area contributed by atoms with Crippen molar-refractivity contribution in [1.29, 1.82) is 0 Å². The smallest absolute Gasteiger partial charge is 0.316 e. The summed E-state index contributed by atoms with van der Waals surface area (Å²) in [6, 6.07) is 12.2. The fraction of sp³-hybridized carbons (Fsp3) is 0.448. The summed E-state index contributed by atoms with van der Waals surface area (Å²) in [7, 11) is 0. The van der Waals surface area contributed by atoms with Crippen LogP contribution in [0.25, 0.3) is 0 Å². The molecule has 2 heterocycles. The fourth-order valence-electron chi connectivity index (χ4n) is 6.79. The molecule has 2 aliphatic heterocycles. The zero-order valence-corrected chi connectivity index (χ0v) is 21.0. The number of nitrogens with zero attached hydrogens (tertiary/aromatic N) is 2. The zero-order chi connectivity index (χ0) is 25.8. The van der Waals surface area contributed by atoms with E-state index >= 15 is 0 Å². The van der Waals surface area contributed by atoms with Crippen LogP contribution in [0, 0.1) is 36.5 Å². The molecule has 5 atom stereocenters. The van der Waals surface area contributed by atoms with Gasteiger partial charge in [-0.1, -0.05) is 0 Å². The SMILES string of the molecule is CCOc1ccc(N2C[C@H](C(=O)Oc3ccc(N4C(=O)[C@H]5[C@@H]6CC[C@@H](C6)[C@@H]5C4=O)c(C)c3)CC2=O)cc1. The first-order chi connectivity index (χ1) is 17.9. The zero-order valence-electron chi connectivity index (χ0n) is 21.0. The van der Waals surface area contributed by atoms with Gasteiger partial charge in [0.1, 0.15) is 11.5 Å². The number of hydrogen-bond donors (Lipinski definition) is 0. The molecule has 2 saturated carbocycles. The number of hydrogen-bond acceptors (Lipinski definition) is 6. The molecule has 2 saturated heterocycles. The molecule has 4 aliphatic rings. The van der Waals surface area contributed by atoms with Crippen LogP contribution in [0.15, 0.2) is 42.5 Å². The van der Waals surface area contributed by atoms with Crippen molar-refractivity contribution in [3.8, 4) is 11.5 Å². The number of benzene rings is 2. The van der Waals surface area contributed by atoms with Crippen LogP contribution in [0.2, 0.25) is 0 Å².